The summed E-state index contributed by atoms with van der Waals surface area (Å²) in [6.07, 6.45) is 2.50. The molecule has 1 heterocycles. The Kier molecular flexibility index (Phi) is 4.54. The number of aliphatic carboxylic acids is 1. The van der Waals surface area contributed by atoms with Gasteiger partial charge in [-0.05, 0) is 30.9 Å². The molecule has 2 rings (SSSR count). The van der Waals surface area contributed by atoms with Crippen LogP contribution in [-0.2, 0) is 9.59 Å². The molecule has 0 saturated heterocycles. The van der Waals surface area contributed by atoms with Crippen LogP contribution in [0.2, 0.25) is 0 Å². The molecule has 0 radical (unpaired) electrons. The minimum absolute atomic E-state index is 0.0843. The molecule has 1 atom stereocenters. The van der Waals surface area contributed by atoms with Gasteiger partial charge in [-0.3, -0.25) is 14.4 Å². The fourth-order valence-corrected chi connectivity index (χ4v) is 2.14. The Balaban J connectivity index is 1.94. The smallest absolute Gasteiger partial charge is 0.311 e. The van der Waals surface area contributed by atoms with Crippen LogP contribution in [0.5, 0.6) is 0 Å². The van der Waals surface area contributed by atoms with E-state index in [1.807, 2.05) is 0 Å². The van der Waals surface area contributed by atoms with Crippen LogP contribution in [0.1, 0.15) is 37.2 Å². The van der Waals surface area contributed by atoms with Crippen molar-refractivity contribution in [2.24, 2.45) is 11.3 Å². The van der Waals surface area contributed by atoms with Crippen molar-refractivity contribution in [1.82, 2.24) is 10.6 Å². The predicted octanol–water partition coefficient (Wildman–Crippen LogP) is 1.01. The Morgan fingerprint density at radius 3 is 2.50 bits per heavy atom. The number of hydrogen-bond donors (Lipinski definition) is 3. The standard InChI is InChI=1S/C15H20N2O5/c1-9(2)11(17-12(18)10-4-3-7-22-10)13(19)16-8-15(5-6-15)14(20)21/h3-4,7,9,11H,5-6,8H2,1-2H3,(H,16,19)(H,17,18)(H,20,21). The van der Waals surface area contributed by atoms with Crippen molar-refractivity contribution in [1.29, 1.82) is 0 Å². The average molecular weight is 308 g/mol. The summed E-state index contributed by atoms with van der Waals surface area (Å²) in [5.41, 5.74) is -0.831. The zero-order chi connectivity index (χ0) is 16.3. The summed E-state index contributed by atoms with van der Waals surface area (Å²) in [7, 11) is 0. The molecule has 1 aromatic heterocycles. The summed E-state index contributed by atoms with van der Waals surface area (Å²) in [4.78, 5) is 35.3. The zero-order valence-electron chi connectivity index (χ0n) is 12.6. The van der Waals surface area contributed by atoms with E-state index in [1.54, 1.807) is 19.9 Å². The lowest BCUT2D eigenvalue weighted by Crippen LogP contribution is -2.51. The Hall–Kier alpha value is -2.31. The number of carbonyl (C=O) groups excluding carboxylic acids is 2. The summed E-state index contributed by atoms with van der Waals surface area (Å²) in [6, 6.07) is 2.35. The van der Waals surface area contributed by atoms with E-state index in [2.05, 4.69) is 10.6 Å². The van der Waals surface area contributed by atoms with Gasteiger partial charge in [0, 0.05) is 6.54 Å². The van der Waals surface area contributed by atoms with E-state index in [1.165, 1.54) is 12.3 Å². The number of hydrogen-bond acceptors (Lipinski definition) is 4. The first kappa shape index (κ1) is 16.1. The topological polar surface area (TPSA) is 109 Å². The number of rotatable bonds is 7. The van der Waals surface area contributed by atoms with Crippen LogP contribution in [0, 0.1) is 11.3 Å². The monoisotopic (exact) mass is 308 g/mol. The second-order valence-corrected chi connectivity index (χ2v) is 5.98. The van der Waals surface area contributed by atoms with Crippen LogP contribution in [0.15, 0.2) is 22.8 Å². The summed E-state index contributed by atoms with van der Waals surface area (Å²) in [6.45, 7) is 3.69. The molecule has 1 aliphatic rings. The molecule has 3 N–H and O–H groups in total. The minimum Gasteiger partial charge on any atom is -0.481 e. The van der Waals surface area contributed by atoms with E-state index < -0.39 is 23.3 Å². The van der Waals surface area contributed by atoms with E-state index in [0.29, 0.717) is 12.8 Å². The van der Waals surface area contributed by atoms with Gasteiger partial charge in [0.15, 0.2) is 5.76 Å². The van der Waals surface area contributed by atoms with Gasteiger partial charge in [0.2, 0.25) is 5.91 Å². The third-order valence-corrected chi connectivity index (χ3v) is 3.89. The quantitative estimate of drug-likeness (QED) is 0.696. The first-order valence-corrected chi connectivity index (χ1v) is 7.21. The molecule has 2 amide bonds. The minimum atomic E-state index is -0.895. The van der Waals surface area contributed by atoms with Gasteiger partial charge in [-0.1, -0.05) is 13.8 Å². The molecule has 1 saturated carbocycles. The molecule has 0 aromatic carbocycles. The van der Waals surface area contributed by atoms with Crippen molar-refractivity contribution in [3.8, 4) is 0 Å². The third kappa shape index (κ3) is 3.47. The Labute approximate surface area is 128 Å². The molecule has 1 unspecified atom stereocenters. The number of carboxylic acid groups (broad SMARTS) is 1. The van der Waals surface area contributed by atoms with Crippen LogP contribution >= 0.6 is 0 Å². The molecule has 0 aliphatic heterocycles. The largest absolute Gasteiger partial charge is 0.481 e. The second kappa shape index (κ2) is 6.21. The molecule has 1 aromatic rings. The molecule has 0 bridgehead atoms. The number of nitrogens with one attached hydrogen (secondary N) is 2. The van der Waals surface area contributed by atoms with Crippen molar-refractivity contribution in [3.05, 3.63) is 24.2 Å². The zero-order valence-corrected chi connectivity index (χ0v) is 12.6. The highest BCUT2D eigenvalue weighted by molar-refractivity contribution is 5.95. The van der Waals surface area contributed by atoms with Gasteiger partial charge in [-0.2, -0.15) is 0 Å². The highest BCUT2D eigenvalue weighted by Gasteiger charge is 2.50. The summed E-state index contributed by atoms with van der Waals surface area (Å²) in [5.74, 6) is -1.77. The first-order valence-electron chi connectivity index (χ1n) is 7.21. The molecule has 7 heteroatoms. The maximum Gasteiger partial charge on any atom is 0.311 e. The maximum atomic E-state index is 12.2. The lowest BCUT2D eigenvalue weighted by atomic mass is 10.0. The molecule has 120 valence electrons. The number of carboxylic acids is 1. The van der Waals surface area contributed by atoms with Gasteiger partial charge in [0.1, 0.15) is 6.04 Å². The van der Waals surface area contributed by atoms with E-state index in [0.717, 1.165) is 0 Å². The van der Waals surface area contributed by atoms with Crippen molar-refractivity contribution < 1.29 is 23.9 Å². The molecule has 0 spiro atoms. The van der Waals surface area contributed by atoms with Gasteiger partial charge in [0.25, 0.3) is 5.91 Å². The second-order valence-electron chi connectivity index (χ2n) is 5.98. The summed E-state index contributed by atoms with van der Waals surface area (Å²) >= 11 is 0. The highest BCUT2D eigenvalue weighted by atomic mass is 16.4. The number of carbonyl (C=O) groups is 3. The normalized spacial score (nSPS) is 16.9. The van der Waals surface area contributed by atoms with Gasteiger partial charge < -0.3 is 20.2 Å². The van der Waals surface area contributed by atoms with Crippen molar-refractivity contribution >= 4 is 17.8 Å². The Bertz CT molecular complexity index is 560. The van der Waals surface area contributed by atoms with Gasteiger partial charge in [-0.25, -0.2) is 0 Å². The van der Waals surface area contributed by atoms with Crippen molar-refractivity contribution in [2.45, 2.75) is 32.7 Å². The molecule has 7 nitrogen and oxygen atoms in total. The fraction of sp³-hybridized carbons (Fsp3) is 0.533. The van der Waals surface area contributed by atoms with E-state index >= 15 is 0 Å². The van der Waals surface area contributed by atoms with Gasteiger partial charge in [-0.15, -0.1) is 0 Å². The van der Waals surface area contributed by atoms with Crippen molar-refractivity contribution in [3.63, 3.8) is 0 Å². The summed E-state index contributed by atoms with van der Waals surface area (Å²) < 4.78 is 4.99. The lowest BCUT2D eigenvalue weighted by molar-refractivity contribution is -0.143. The molecular weight excluding hydrogens is 288 g/mol. The van der Waals surface area contributed by atoms with Crippen molar-refractivity contribution in [2.75, 3.05) is 6.54 Å². The van der Waals surface area contributed by atoms with E-state index in [9.17, 15) is 14.4 Å². The van der Waals surface area contributed by atoms with Crippen LogP contribution in [-0.4, -0.2) is 35.5 Å². The van der Waals surface area contributed by atoms with E-state index in [-0.39, 0.29) is 24.1 Å². The lowest BCUT2D eigenvalue weighted by Gasteiger charge is -2.22. The molecule has 1 fully saturated rings. The molecule has 1 aliphatic carbocycles. The van der Waals surface area contributed by atoms with E-state index in [4.69, 9.17) is 9.52 Å². The first-order chi connectivity index (χ1) is 10.4. The Morgan fingerprint density at radius 1 is 1.36 bits per heavy atom. The highest BCUT2D eigenvalue weighted by Crippen LogP contribution is 2.45. The predicted molar refractivity (Wildman–Crippen MR) is 77.1 cm³/mol. The van der Waals surface area contributed by atoms with Crippen LogP contribution in [0.25, 0.3) is 0 Å². The van der Waals surface area contributed by atoms with Gasteiger partial charge in [0.05, 0.1) is 11.7 Å². The molecule has 22 heavy (non-hydrogen) atoms. The van der Waals surface area contributed by atoms with Crippen LogP contribution in [0.4, 0.5) is 0 Å². The maximum absolute atomic E-state index is 12.2. The fourth-order valence-electron chi connectivity index (χ4n) is 2.14. The van der Waals surface area contributed by atoms with Crippen LogP contribution < -0.4 is 10.6 Å². The number of amides is 2. The SMILES string of the molecule is CC(C)C(NC(=O)c1ccco1)C(=O)NCC1(C(=O)O)CC1. The Morgan fingerprint density at radius 2 is 2.05 bits per heavy atom. The summed E-state index contributed by atoms with van der Waals surface area (Å²) in [5, 5.41) is 14.3. The van der Waals surface area contributed by atoms with Crippen LogP contribution in [0.3, 0.4) is 0 Å². The average Bonchev–Trinajstić information content (AvgIpc) is 3.06. The molecular formula is C15H20N2O5. The third-order valence-electron chi connectivity index (χ3n) is 3.89. The van der Waals surface area contributed by atoms with Gasteiger partial charge >= 0.3 is 5.97 Å². The number of furan rings is 1.